The van der Waals surface area contributed by atoms with Gasteiger partial charge in [0.25, 0.3) is 5.91 Å². The Morgan fingerprint density at radius 2 is 1.30 bits per heavy atom. The number of fused-ring (bicyclic) bond motifs is 8. The Balaban J connectivity index is 0.860. The highest BCUT2D eigenvalue weighted by molar-refractivity contribution is 6.09. The number of nitrogens with one attached hydrogen (secondary N) is 1. The average Bonchev–Trinajstić information content (AvgIpc) is 3.99. The molecule has 1 aliphatic heterocycles. The van der Waals surface area contributed by atoms with E-state index in [1.54, 1.807) is 18.2 Å². The van der Waals surface area contributed by atoms with Gasteiger partial charge in [0.2, 0.25) is 0 Å². The first-order chi connectivity index (χ1) is 37.2. The van der Waals surface area contributed by atoms with Gasteiger partial charge >= 0.3 is 6.18 Å². The van der Waals surface area contributed by atoms with Crippen molar-refractivity contribution in [2.24, 2.45) is 5.92 Å². The summed E-state index contributed by atoms with van der Waals surface area (Å²) in [5.74, 6) is 1.91. The lowest BCUT2D eigenvalue weighted by atomic mass is 9.76. The monoisotopic (exact) mass is 1030 g/mol. The number of ether oxygens (including phenoxy) is 2. The fourth-order valence-corrected chi connectivity index (χ4v) is 12.3. The standard InChI is InChI=1S/C69H65F4NO3/c1-5-7-9-10-44-11-13-45(14-12-44)46-15-17-47(18-16-46)48-19-21-50(22-20-48)66(75)74-56-33-23-49(24-34-56)51-25-38-62-61(42-51)63-58-37-30-54(69(71,72)73)43-60(58)65-59(64(63)67(62,3)4)39-40-68(77-65,52-26-31-55(70)32-27-52)53-28-35-57(36-29-53)76-41-8-6-2/h15-40,42-45H,5-14,41H2,1-4H3,(H,74,75)/t44-,45-,68?. The Kier molecular flexibility index (Phi) is 14.2. The van der Waals surface area contributed by atoms with E-state index in [1.165, 1.54) is 75.1 Å². The Morgan fingerprint density at radius 1 is 0.675 bits per heavy atom. The lowest BCUT2D eigenvalue weighted by Gasteiger charge is -2.38. The van der Waals surface area contributed by atoms with Crippen molar-refractivity contribution < 1.29 is 31.8 Å². The van der Waals surface area contributed by atoms with Crippen molar-refractivity contribution >= 4 is 28.4 Å². The van der Waals surface area contributed by atoms with Gasteiger partial charge in [-0.1, -0.05) is 157 Å². The Labute approximate surface area is 450 Å². The number of carbonyl (C=O) groups excluding carboxylic acids is 1. The molecule has 3 aliphatic rings. The number of alkyl halides is 3. The summed E-state index contributed by atoms with van der Waals surface area (Å²) in [6.45, 7) is 9.23. The zero-order valence-corrected chi connectivity index (χ0v) is 44.3. The van der Waals surface area contributed by atoms with Crippen LogP contribution in [0.15, 0.2) is 164 Å². The number of hydrogen-bond acceptors (Lipinski definition) is 3. The number of hydrogen-bond donors (Lipinski definition) is 1. The molecule has 1 saturated carbocycles. The van der Waals surface area contributed by atoms with Gasteiger partial charge in [-0.2, -0.15) is 13.2 Å². The van der Waals surface area contributed by atoms with Gasteiger partial charge in [0, 0.05) is 38.7 Å². The van der Waals surface area contributed by atoms with E-state index in [0.29, 0.717) is 62.7 Å². The van der Waals surface area contributed by atoms with E-state index in [1.807, 2.05) is 84.9 Å². The molecule has 0 bridgehead atoms. The van der Waals surface area contributed by atoms with Gasteiger partial charge in [-0.3, -0.25) is 4.79 Å². The van der Waals surface area contributed by atoms with E-state index in [9.17, 15) is 22.4 Å². The molecular formula is C69H65F4NO3. The predicted molar refractivity (Wildman–Crippen MR) is 304 cm³/mol. The van der Waals surface area contributed by atoms with Crippen LogP contribution >= 0.6 is 0 Å². The minimum atomic E-state index is -4.62. The molecule has 4 nitrogen and oxygen atoms in total. The maximum atomic E-state index is 14.7. The van der Waals surface area contributed by atoms with Crippen molar-refractivity contribution in [3.8, 4) is 44.9 Å². The third-order valence-electron chi connectivity index (χ3n) is 16.7. The molecule has 2 aliphatic carbocycles. The molecular weight excluding hydrogens is 967 g/mol. The number of halogens is 4. The molecule has 1 fully saturated rings. The minimum Gasteiger partial charge on any atom is -0.494 e. The molecule has 1 N–H and O–H groups in total. The van der Waals surface area contributed by atoms with E-state index in [0.717, 1.165) is 69.3 Å². The highest BCUT2D eigenvalue weighted by atomic mass is 19.4. The molecule has 0 spiro atoms. The first-order valence-electron chi connectivity index (χ1n) is 27.6. The van der Waals surface area contributed by atoms with Gasteiger partial charge in [0.05, 0.1) is 12.2 Å². The summed E-state index contributed by atoms with van der Waals surface area (Å²) in [7, 11) is 0. The molecule has 8 aromatic rings. The summed E-state index contributed by atoms with van der Waals surface area (Å²) in [5, 5.41) is 4.02. The summed E-state index contributed by atoms with van der Waals surface area (Å²) in [5.41, 5.74) is 9.73. The van der Waals surface area contributed by atoms with Gasteiger partial charge in [-0.15, -0.1) is 0 Å². The molecule has 77 heavy (non-hydrogen) atoms. The largest absolute Gasteiger partial charge is 0.494 e. The third kappa shape index (κ3) is 10.1. The predicted octanol–water partition coefficient (Wildman–Crippen LogP) is 19.3. The summed E-state index contributed by atoms with van der Waals surface area (Å²) < 4.78 is 71.9. The van der Waals surface area contributed by atoms with E-state index in [2.05, 4.69) is 75.5 Å². The number of carbonyl (C=O) groups is 1. The van der Waals surface area contributed by atoms with Gasteiger partial charge in [-0.05, 0) is 172 Å². The van der Waals surface area contributed by atoms with Crippen LogP contribution in [0.4, 0.5) is 23.2 Å². The van der Waals surface area contributed by atoms with Crippen LogP contribution in [-0.2, 0) is 17.2 Å². The van der Waals surface area contributed by atoms with Crippen LogP contribution in [0.1, 0.15) is 147 Å². The van der Waals surface area contributed by atoms with Gasteiger partial charge in [0.1, 0.15) is 17.3 Å². The minimum absolute atomic E-state index is 0.205. The molecule has 1 atom stereocenters. The van der Waals surface area contributed by atoms with Gasteiger partial charge in [-0.25, -0.2) is 4.39 Å². The molecule has 1 amide bonds. The Bertz CT molecular complexity index is 3460. The average molecular weight is 1030 g/mol. The van der Waals surface area contributed by atoms with Crippen molar-refractivity contribution in [3.05, 3.63) is 214 Å². The molecule has 8 aromatic carbocycles. The number of rotatable bonds is 15. The van der Waals surface area contributed by atoms with Crippen molar-refractivity contribution in [1.29, 1.82) is 0 Å². The fraction of sp³-hybridized carbons (Fsp3) is 0.290. The van der Waals surface area contributed by atoms with Crippen LogP contribution in [0.2, 0.25) is 0 Å². The van der Waals surface area contributed by atoms with Gasteiger partial charge < -0.3 is 14.8 Å². The van der Waals surface area contributed by atoms with Crippen molar-refractivity contribution in [3.63, 3.8) is 0 Å². The smallest absolute Gasteiger partial charge is 0.416 e. The molecule has 0 saturated heterocycles. The first kappa shape index (κ1) is 51.6. The second-order valence-electron chi connectivity index (χ2n) is 22.0. The number of amides is 1. The third-order valence-corrected chi connectivity index (χ3v) is 16.7. The maximum absolute atomic E-state index is 14.7. The number of benzene rings is 8. The van der Waals surface area contributed by atoms with Crippen molar-refractivity contribution in [1.82, 2.24) is 0 Å². The SMILES string of the molecule is CCCCC[C@H]1CC[C@H](c2ccc(-c3ccc(C(=O)Nc4ccc(-c5ccc6c(c5)-c5c(c7c(c8cc(C(F)(F)F)ccc58)OC(c5ccc(F)cc5)(c5ccc(OCCCC)cc5)C=C7)C6(C)C)cc4)cc3)cc2)CC1. The van der Waals surface area contributed by atoms with Crippen LogP contribution in [0.25, 0.3) is 50.2 Å². The highest BCUT2D eigenvalue weighted by Gasteiger charge is 2.45. The molecule has 392 valence electrons. The van der Waals surface area contributed by atoms with E-state index < -0.39 is 28.6 Å². The Hall–Kier alpha value is -7.45. The molecule has 11 rings (SSSR count). The molecule has 0 radical (unpaired) electrons. The summed E-state index contributed by atoms with van der Waals surface area (Å²) >= 11 is 0. The summed E-state index contributed by atoms with van der Waals surface area (Å²) in [4.78, 5) is 13.6. The molecule has 8 heteroatoms. The van der Waals surface area contributed by atoms with E-state index in [-0.39, 0.29) is 5.91 Å². The lowest BCUT2D eigenvalue weighted by molar-refractivity contribution is -0.137. The number of anilines is 1. The van der Waals surface area contributed by atoms with Crippen LogP contribution in [0.5, 0.6) is 11.5 Å². The summed E-state index contributed by atoms with van der Waals surface area (Å²) in [6.07, 6.45) is 11.8. The fourth-order valence-electron chi connectivity index (χ4n) is 12.3. The van der Waals surface area contributed by atoms with E-state index in [4.69, 9.17) is 9.47 Å². The van der Waals surface area contributed by atoms with Crippen LogP contribution in [0.3, 0.4) is 0 Å². The van der Waals surface area contributed by atoms with Crippen molar-refractivity contribution in [2.45, 2.75) is 115 Å². The first-order valence-corrected chi connectivity index (χ1v) is 27.6. The quantitative estimate of drug-likeness (QED) is 0.0822. The lowest BCUT2D eigenvalue weighted by Crippen LogP contribution is -2.35. The summed E-state index contributed by atoms with van der Waals surface area (Å²) in [6, 6.07) is 48.3. The second-order valence-corrected chi connectivity index (χ2v) is 22.0. The van der Waals surface area contributed by atoms with E-state index >= 15 is 0 Å². The van der Waals surface area contributed by atoms with Crippen LogP contribution < -0.4 is 14.8 Å². The molecule has 1 unspecified atom stereocenters. The van der Waals surface area contributed by atoms with Gasteiger partial charge in [0.15, 0.2) is 5.60 Å². The van der Waals surface area contributed by atoms with Crippen LogP contribution in [0, 0.1) is 11.7 Å². The van der Waals surface area contributed by atoms with Crippen LogP contribution in [-0.4, -0.2) is 12.5 Å². The zero-order chi connectivity index (χ0) is 53.5. The van der Waals surface area contributed by atoms with Crippen molar-refractivity contribution in [2.75, 3.05) is 11.9 Å². The second kappa shape index (κ2) is 21.2. The molecule has 1 heterocycles. The Morgan fingerprint density at radius 3 is 1.96 bits per heavy atom. The zero-order valence-electron chi connectivity index (χ0n) is 44.3. The normalized spacial score (nSPS) is 18.3. The highest BCUT2D eigenvalue weighted by Crippen LogP contribution is 2.59. The maximum Gasteiger partial charge on any atom is 0.416 e. The number of unbranched alkanes of at least 4 members (excludes halogenated alkanes) is 3. The topological polar surface area (TPSA) is 47.6 Å². The molecule has 0 aromatic heterocycles.